The number of carboxylic acid groups (broad SMARTS) is 1. The Morgan fingerprint density at radius 3 is 3.00 bits per heavy atom. The summed E-state index contributed by atoms with van der Waals surface area (Å²) in [6, 6.07) is 5.31. The van der Waals surface area contributed by atoms with E-state index in [1.54, 1.807) is 11.3 Å². The van der Waals surface area contributed by atoms with E-state index in [0.717, 1.165) is 4.88 Å². The molecular formula is C11H11N3O2S. The van der Waals surface area contributed by atoms with Gasteiger partial charge >= 0.3 is 5.97 Å². The van der Waals surface area contributed by atoms with Gasteiger partial charge in [-0.2, -0.15) is 0 Å². The van der Waals surface area contributed by atoms with Crippen LogP contribution in [0.5, 0.6) is 0 Å². The lowest BCUT2D eigenvalue weighted by atomic mass is 10.2. The maximum Gasteiger partial charge on any atom is 0.337 e. The zero-order valence-electron chi connectivity index (χ0n) is 8.88. The first-order valence-electron chi connectivity index (χ1n) is 4.92. The summed E-state index contributed by atoms with van der Waals surface area (Å²) in [4.78, 5) is 16.0. The molecule has 2 rings (SSSR count). The quantitative estimate of drug-likeness (QED) is 0.771. The molecule has 5 nitrogen and oxygen atoms in total. The zero-order valence-corrected chi connectivity index (χ0v) is 9.70. The minimum atomic E-state index is -1.05. The van der Waals surface area contributed by atoms with Crippen LogP contribution < -0.4 is 11.1 Å². The van der Waals surface area contributed by atoms with Gasteiger partial charge in [0.25, 0.3) is 0 Å². The summed E-state index contributed by atoms with van der Waals surface area (Å²) in [5.74, 6) is -0.651. The molecule has 0 amide bonds. The minimum absolute atomic E-state index is 0.0636. The second-order valence-corrected chi connectivity index (χ2v) is 4.39. The van der Waals surface area contributed by atoms with Crippen LogP contribution in [-0.4, -0.2) is 16.1 Å². The highest BCUT2D eigenvalue weighted by molar-refractivity contribution is 7.09. The Kier molecular flexibility index (Phi) is 3.24. The van der Waals surface area contributed by atoms with Gasteiger partial charge in [-0.25, -0.2) is 9.78 Å². The third-order valence-electron chi connectivity index (χ3n) is 2.23. The van der Waals surface area contributed by atoms with Crippen LogP contribution in [0.25, 0.3) is 0 Å². The largest absolute Gasteiger partial charge is 0.478 e. The second kappa shape index (κ2) is 4.84. The number of nitrogens with zero attached hydrogens (tertiary/aromatic N) is 1. The molecule has 0 radical (unpaired) electrons. The van der Waals surface area contributed by atoms with Gasteiger partial charge in [0.2, 0.25) is 0 Å². The first kappa shape index (κ1) is 11.4. The van der Waals surface area contributed by atoms with E-state index in [1.807, 2.05) is 17.5 Å². The molecule has 6 heteroatoms. The number of nitrogen functional groups attached to an aromatic ring is 1. The molecule has 0 saturated heterocycles. The monoisotopic (exact) mass is 249 g/mol. The molecule has 0 unspecified atom stereocenters. The van der Waals surface area contributed by atoms with Crippen LogP contribution in [0.15, 0.2) is 29.8 Å². The Labute approximate surface area is 102 Å². The number of carboxylic acids is 1. The summed E-state index contributed by atoms with van der Waals surface area (Å²) >= 11 is 1.61. The van der Waals surface area contributed by atoms with E-state index in [2.05, 4.69) is 10.3 Å². The second-order valence-electron chi connectivity index (χ2n) is 3.36. The van der Waals surface area contributed by atoms with Gasteiger partial charge in [0, 0.05) is 11.1 Å². The van der Waals surface area contributed by atoms with Gasteiger partial charge in [0.1, 0.15) is 5.82 Å². The highest BCUT2D eigenvalue weighted by Crippen LogP contribution is 2.21. The first-order valence-corrected chi connectivity index (χ1v) is 5.80. The molecular weight excluding hydrogens is 238 g/mol. The fourth-order valence-corrected chi connectivity index (χ4v) is 2.03. The van der Waals surface area contributed by atoms with Crippen molar-refractivity contribution < 1.29 is 9.90 Å². The Morgan fingerprint density at radius 1 is 1.53 bits per heavy atom. The van der Waals surface area contributed by atoms with Crippen LogP contribution in [0.4, 0.5) is 11.5 Å². The topological polar surface area (TPSA) is 88.2 Å². The summed E-state index contributed by atoms with van der Waals surface area (Å²) in [6.07, 6.45) is 1.43. The average molecular weight is 249 g/mol. The van der Waals surface area contributed by atoms with Crippen molar-refractivity contribution in [2.75, 3.05) is 11.1 Å². The van der Waals surface area contributed by atoms with Crippen molar-refractivity contribution in [1.29, 1.82) is 0 Å². The fraction of sp³-hybridized carbons (Fsp3) is 0.0909. The predicted molar refractivity (Wildman–Crippen MR) is 67.3 cm³/mol. The summed E-state index contributed by atoms with van der Waals surface area (Å²) in [5.41, 5.74) is 5.95. The summed E-state index contributed by atoms with van der Waals surface area (Å²) in [7, 11) is 0. The van der Waals surface area contributed by atoms with Gasteiger partial charge in [-0.3, -0.25) is 0 Å². The molecule has 0 fully saturated rings. The maximum atomic E-state index is 10.9. The van der Waals surface area contributed by atoms with Crippen LogP contribution in [0.1, 0.15) is 15.2 Å². The fourth-order valence-electron chi connectivity index (χ4n) is 1.38. The predicted octanol–water partition coefficient (Wildman–Crippen LogP) is 2.04. The van der Waals surface area contributed by atoms with Crippen molar-refractivity contribution in [3.05, 3.63) is 40.2 Å². The maximum absolute atomic E-state index is 10.9. The normalized spacial score (nSPS) is 10.1. The van der Waals surface area contributed by atoms with Crippen molar-refractivity contribution in [3.63, 3.8) is 0 Å². The lowest BCUT2D eigenvalue weighted by Gasteiger charge is -2.08. The van der Waals surface area contributed by atoms with Crippen LogP contribution in [0.2, 0.25) is 0 Å². The molecule has 17 heavy (non-hydrogen) atoms. The molecule has 0 aliphatic carbocycles. The molecule has 0 bridgehead atoms. The molecule has 0 spiro atoms. The van der Waals surface area contributed by atoms with Gasteiger partial charge in [-0.05, 0) is 17.5 Å². The van der Waals surface area contributed by atoms with E-state index in [9.17, 15) is 4.79 Å². The molecule has 0 aromatic carbocycles. The number of rotatable bonds is 4. The lowest BCUT2D eigenvalue weighted by Crippen LogP contribution is -2.08. The van der Waals surface area contributed by atoms with Crippen LogP contribution in [0, 0.1) is 0 Å². The van der Waals surface area contributed by atoms with E-state index >= 15 is 0 Å². The van der Waals surface area contributed by atoms with Crippen LogP contribution in [0.3, 0.4) is 0 Å². The molecule has 4 N–H and O–H groups in total. The van der Waals surface area contributed by atoms with Crippen molar-refractivity contribution in [3.8, 4) is 0 Å². The number of aromatic nitrogens is 1. The Bertz CT molecular complexity index is 526. The molecule has 88 valence electrons. The van der Waals surface area contributed by atoms with Crippen LogP contribution >= 0.6 is 11.3 Å². The summed E-state index contributed by atoms with van der Waals surface area (Å²) in [6.45, 7) is 0.581. The first-order chi connectivity index (χ1) is 8.18. The number of hydrogen-bond donors (Lipinski definition) is 3. The van der Waals surface area contributed by atoms with Gasteiger partial charge in [-0.15, -0.1) is 11.3 Å². The standard InChI is InChI=1S/C11H11N3O2S/c12-9-8(11(15)16)3-4-13-10(9)14-6-7-2-1-5-17-7/h1-5H,6,12H2,(H,13,14)(H,15,16). The number of carbonyl (C=O) groups is 1. The smallest absolute Gasteiger partial charge is 0.337 e. The summed E-state index contributed by atoms with van der Waals surface area (Å²) < 4.78 is 0. The van der Waals surface area contributed by atoms with Gasteiger partial charge < -0.3 is 16.2 Å². The highest BCUT2D eigenvalue weighted by Gasteiger charge is 2.11. The molecule has 2 heterocycles. The third-order valence-corrected chi connectivity index (χ3v) is 3.11. The Balaban J connectivity index is 2.16. The molecule has 0 aliphatic rings. The van der Waals surface area contributed by atoms with Crippen LogP contribution in [-0.2, 0) is 6.54 Å². The number of hydrogen-bond acceptors (Lipinski definition) is 5. The SMILES string of the molecule is Nc1c(C(=O)O)ccnc1NCc1cccs1. The van der Waals surface area contributed by atoms with Crippen molar-refractivity contribution in [2.45, 2.75) is 6.54 Å². The lowest BCUT2D eigenvalue weighted by molar-refractivity contribution is 0.0698. The Hall–Kier alpha value is -2.08. The van der Waals surface area contributed by atoms with E-state index in [4.69, 9.17) is 10.8 Å². The number of pyridine rings is 1. The zero-order chi connectivity index (χ0) is 12.3. The number of nitrogens with one attached hydrogen (secondary N) is 1. The van der Waals surface area contributed by atoms with E-state index in [1.165, 1.54) is 12.3 Å². The van der Waals surface area contributed by atoms with Crippen molar-refractivity contribution in [2.24, 2.45) is 0 Å². The van der Waals surface area contributed by atoms with Crippen molar-refractivity contribution in [1.82, 2.24) is 4.98 Å². The third kappa shape index (κ3) is 2.54. The van der Waals surface area contributed by atoms with Gasteiger partial charge in [0.15, 0.2) is 0 Å². The van der Waals surface area contributed by atoms with E-state index < -0.39 is 5.97 Å². The molecule has 0 atom stereocenters. The average Bonchev–Trinajstić information content (AvgIpc) is 2.80. The molecule has 0 saturated carbocycles. The molecule has 0 aliphatic heterocycles. The number of thiophene rings is 1. The summed E-state index contributed by atoms with van der Waals surface area (Å²) in [5, 5.41) is 13.9. The van der Waals surface area contributed by atoms with E-state index in [-0.39, 0.29) is 11.3 Å². The molecule has 2 aromatic rings. The Morgan fingerprint density at radius 2 is 2.35 bits per heavy atom. The molecule has 2 aromatic heterocycles. The number of aromatic carboxylic acids is 1. The van der Waals surface area contributed by atoms with Gasteiger partial charge in [-0.1, -0.05) is 6.07 Å². The highest BCUT2D eigenvalue weighted by atomic mass is 32.1. The number of anilines is 2. The van der Waals surface area contributed by atoms with Gasteiger partial charge in [0.05, 0.1) is 17.8 Å². The number of nitrogens with two attached hydrogens (primary N) is 1. The van der Waals surface area contributed by atoms with Crippen molar-refractivity contribution >= 4 is 28.8 Å². The van der Waals surface area contributed by atoms with E-state index in [0.29, 0.717) is 12.4 Å². The minimum Gasteiger partial charge on any atom is -0.478 e.